The molecule has 0 bridgehead atoms. The van der Waals surface area contributed by atoms with Gasteiger partial charge in [0.05, 0.1) is 11.5 Å². The van der Waals surface area contributed by atoms with Crippen LogP contribution in [0, 0.1) is 17.0 Å². The Morgan fingerprint density at radius 2 is 1.79 bits per heavy atom. The summed E-state index contributed by atoms with van der Waals surface area (Å²) < 4.78 is 16.5. The molecular weight excluding hydrogens is 490 g/mol. The number of carbonyl (C=O) groups is 2. The van der Waals surface area contributed by atoms with E-state index in [0.29, 0.717) is 22.8 Å². The van der Waals surface area contributed by atoms with Crippen molar-refractivity contribution in [3.63, 3.8) is 0 Å². The number of ether oxygens (including phenoxy) is 2. The zero-order valence-corrected chi connectivity index (χ0v) is 20.9. The summed E-state index contributed by atoms with van der Waals surface area (Å²) in [5.41, 5.74) is 1.42. The number of nitro groups is 1. The maximum atomic E-state index is 13.5. The molecule has 0 unspecified atom stereocenters. The van der Waals surface area contributed by atoms with Crippen LogP contribution in [0.4, 0.5) is 5.69 Å². The lowest BCUT2D eigenvalue weighted by Gasteiger charge is -2.26. The molecule has 0 aliphatic carbocycles. The number of hydrogen-bond donors (Lipinski definition) is 0. The maximum Gasteiger partial charge on any atom is 0.269 e. The number of aryl methyl sites for hydroxylation is 1. The second-order valence-electron chi connectivity index (χ2n) is 8.64. The van der Waals surface area contributed by atoms with E-state index in [1.807, 2.05) is 31.2 Å². The van der Waals surface area contributed by atoms with Gasteiger partial charge >= 0.3 is 0 Å². The van der Waals surface area contributed by atoms with Gasteiger partial charge in [0, 0.05) is 31.3 Å². The molecule has 196 valence electrons. The molecule has 3 aromatic rings. The molecular formula is C28H27N3O7. The summed E-state index contributed by atoms with van der Waals surface area (Å²) in [6, 6.07) is 14.9. The molecule has 1 aliphatic heterocycles. The summed E-state index contributed by atoms with van der Waals surface area (Å²) in [5, 5.41) is 10.8. The Kier molecular flexibility index (Phi) is 8.22. The van der Waals surface area contributed by atoms with E-state index in [9.17, 15) is 19.7 Å². The first-order chi connectivity index (χ1) is 18.3. The molecule has 0 saturated heterocycles. The van der Waals surface area contributed by atoms with Gasteiger partial charge in [0.25, 0.3) is 5.69 Å². The standard InChI is InChI=1S/C28H27N3O7/c1-3-14-29(27(32)13-8-21-5-9-23(10-6-21)31(34)35)18-28(33)30(17-24-11-4-20(2)38-24)16-22-7-12-25-26(15-22)37-19-36-25/h3-13,15H,1,14,16-19H2,2H3. The highest BCUT2D eigenvalue weighted by Gasteiger charge is 2.22. The van der Waals surface area contributed by atoms with Crippen LogP contribution in [0.3, 0.4) is 0 Å². The Bertz CT molecular complexity index is 1360. The van der Waals surface area contributed by atoms with Crippen molar-refractivity contribution >= 4 is 23.6 Å². The zero-order chi connectivity index (χ0) is 27.1. The van der Waals surface area contributed by atoms with Gasteiger partial charge in [-0.05, 0) is 60.5 Å². The molecule has 0 saturated carbocycles. The van der Waals surface area contributed by atoms with Crippen LogP contribution >= 0.6 is 0 Å². The highest BCUT2D eigenvalue weighted by molar-refractivity contribution is 5.94. The molecule has 4 rings (SSSR count). The fraction of sp³-hybridized carbons (Fsp3) is 0.214. The van der Waals surface area contributed by atoms with Gasteiger partial charge in [-0.1, -0.05) is 12.1 Å². The van der Waals surface area contributed by atoms with Gasteiger partial charge < -0.3 is 23.7 Å². The van der Waals surface area contributed by atoms with Crippen molar-refractivity contribution in [2.45, 2.75) is 20.0 Å². The van der Waals surface area contributed by atoms with E-state index in [1.54, 1.807) is 35.3 Å². The van der Waals surface area contributed by atoms with Crippen LogP contribution in [-0.4, -0.2) is 46.4 Å². The van der Waals surface area contributed by atoms with Crippen molar-refractivity contribution in [2.24, 2.45) is 0 Å². The maximum absolute atomic E-state index is 13.5. The van der Waals surface area contributed by atoms with Crippen LogP contribution in [0.25, 0.3) is 6.08 Å². The van der Waals surface area contributed by atoms with E-state index >= 15 is 0 Å². The lowest BCUT2D eigenvalue weighted by atomic mass is 10.1. The van der Waals surface area contributed by atoms with Crippen LogP contribution < -0.4 is 9.47 Å². The Balaban J connectivity index is 1.48. The third-order valence-electron chi connectivity index (χ3n) is 5.82. The number of benzene rings is 2. The topological polar surface area (TPSA) is 115 Å². The lowest BCUT2D eigenvalue weighted by molar-refractivity contribution is -0.384. The first-order valence-corrected chi connectivity index (χ1v) is 11.9. The quantitative estimate of drug-likeness (QED) is 0.159. The molecule has 0 radical (unpaired) electrons. The SMILES string of the molecule is C=CCN(CC(=O)N(Cc1ccc2c(c1)OCO2)Cc1ccc(C)o1)C(=O)C=Cc1ccc([N+](=O)[O-])cc1. The Morgan fingerprint density at radius 1 is 1.03 bits per heavy atom. The van der Waals surface area contributed by atoms with Crippen LogP contribution in [0.5, 0.6) is 11.5 Å². The Labute approximate surface area is 219 Å². The third-order valence-corrected chi connectivity index (χ3v) is 5.82. The van der Waals surface area contributed by atoms with Gasteiger partial charge in [-0.3, -0.25) is 19.7 Å². The predicted molar refractivity (Wildman–Crippen MR) is 139 cm³/mol. The Hall–Kier alpha value is -4.86. The highest BCUT2D eigenvalue weighted by Crippen LogP contribution is 2.33. The second-order valence-corrected chi connectivity index (χ2v) is 8.64. The molecule has 0 atom stereocenters. The zero-order valence-electron chi connectivity index (χ0n) is 20.9. The van der Waals surface area contributed by atoms with Gasteiger partial charge in [0.2, 0.25) is 18.6 Å². The van der Waals surface area contributed by atoms with Crippen LogP contribution in [0.15, 0.2) is 77.7 Å². The number of non-ortho nitro benzene ring substituents is 1. The summed E-state index contributed by atoms with van der Waals surface area (Å²) >= 11 is 0. The number of nitrogens with zero attached hydrogens (tertiary/aromatic N) is 3. The molecule has 1 aliphatic rings. The number of carbonyl (C=O) groups excluding carboxylic acids is 2. The largest absolute Gasteiger partial charge is 0.464 e. The molecule has 2 heterocycles. The highest BCUT2D eigenvalue weighted by atomic mass is 16.7. The second kappa shape index (κ2) is 11.9. The first kappa shape index (κ1) is 26.2. The average molecular weight is 518 g/mol. The van der Waals surface area contributed by atoms with E-state index in [0.717, 1.165) is 11.3 Å². The lowest BCUT2D eigenvalue weighted by Crippen LogP contribution is -2.42. The Morgan fingerprint density at radius 3 is 2.47 bits per heavy atom. The van der Waals surface area contributed by atoms with E-state index in [1.165, 1.54) is 23.1 Å². The minimum Gasteiger partial charge on any atom is -0.464 e. The molecule has 1 aromatic heterocycles. The number of amides is 2. The molecule has 10 heteroatoms. The fourth-order valence-electron chi connectivity index (χ4n) is 3.88. The van der Waals surface area contributed by atoms with E-state index in [-0.39, 0.29) is 44.6 Å². The summed E-state index contributed by atoms with van der Waals surface area (Å²) in [6.45, 7) is 6.15. The molecule has 0 spiro atoms. The summed E-state index contributed by atoms with van der Waals surface area (Å²) in [5.74, 6) is 1.94. The van der Waals surface area contributed by atoms with Crippen molar-refractivity contribution in [3.8, 4) is 11.5 Å². The molecule has 2 amide bonds. The average Bonchev–Trinajstić information content (AvgIpc) is 3.54. The third kappa shape index (κ3) is 6.67. The number of nitro benzene ring substituents is 1. The van der Waals surface area contributed by atoms with Crippen molar-refractivity contribution in [2.75, 3.05) is 19.9 Å². The first-order valence-electron chi connectivity index (χ1n) is 11.9. The smallest absolute Gasteiger partial charge is 0.269 e. The van der Waals surface area contributed by atoms with Gasteiger partial charge in [-0.25, -0.2) is 0 Å². The van der Waals surface area contributed by atoms with Crippen molar-refractivity contribution in [1.82, 2.24) is 9.80 Å². The summed E-state index contributed by atoms with van der Waals surface area (Å²) in [6.07, 6.45) is 4.42. The minimum absolute atomic E-state index is 0.0401. The summed E-state index contributed by atoms with van der Waals surface area (Å²) in [4.78, 5) is 39.8. The van der Waals surface area contributed by atoms with Gasteiger partial charge in [0.1, 0.15) is 18.1 Å². The van der Waals surface area contributed by atoms with Crippen molar-refractivity contribution < 1.29 is 28.4 Å². The van der Waals surface area contributed by atoms with Crippen LogP contribution in [-0.2, 0) is 22.7 Å². The minimum atomic E-state index is -0.491. The normalized spacial score (nSPS) is 11.9. The molecule has 0 N–H and O–H groups in total. The number of furan rings is 1. The molecule has 2 aromatic carbocycles. The van der Waals surface area contributed by atoms with Crippen LogP contribution in [0.1, 0.15) is 22.6 Å². The van der Waals surface area contributed by atoms with E-state index in [2.05, 4.69) is 6.58 Å². The number of rotatable bonds is 11. The number of hydrogen-bond acceptors (Lipinski definition) is 7. The summed E-state index contributed by atoms with van der Waals surface area (Å²) in [7, 11) is 0. The van der Waals surface area contributed by atoms with E-state index in [4.69, 9.17) is 13.9 Å². The van der Waals surface area contributed by atoms with Crippen molar-refractivity contribution in [3.05, 3.63) is 106 Å². The molecule has 0 fully saturated rings. The van der Waals surface area contributed by atoms with Crippen molar-refractivity contribution in [1.29, 1.82) is 0 Å². The number of fused-ring (bicyclic) bond motifs is 1. The van der Waals surface area contributed by atoms with Gasteiger partial charge in [-0.15, -0.1) is 6.58 Å². The fourth-order valence-corrected chi connectivity index (χ4v) is 3.88. The monoisotopic (exact) mass is 517 g/mol. The van der Waals surface area contributed by atoms with E-state index < -0.39 is 10.8 Å². The van der Waals surface area contributed by atoms with Crippen LogP contribution in [0.2, 0.25) is 0 Å². The molecule has 38 heavy (non-hydrogen) atoms. The van der Waals surface area contributed by atoms with Gasteiger partial charge in [-0.2, -0.15) is 0 Å². The van der Waals surface area contributed by atoms with Gasteiger partial charge in [0.15, 0.2) is 11.5 Å². The molecule has 10 nitrogen and oxygen atoms in total. The predicted octanol–water partition coefficient (Wildman–Crippen LogP) is 4.48.